The quantitative estimate of drug-likeness (QED) is 0.731. The predicted molar refractivity (Wildman–Crippen MR) is 113 cm³/mol. The van der Waals surface area contributed by atoms with E-state index in [1.165, 1.54) is 11.3 Å². The highest BCUT2D eigenvalue weighted by Gasteiger charge is 2.31. The van der Waals surface area contributed by atoms with Gasteiger partial charge in [0.25, 0.3) is 5.91 Å². The molecule has 1 aromatic rings. The molecular weight excluding hydrogens is 358 g/mol. The Morgan fingerprint density at radius 3 is 2.67 bits per heavy atom. The Labute approximate surface area is 168 Å². The molecule has 7 heteroatoms. The number of carbonyl (C=O) groups is 1. The molecular formula is C20H35N5OS. The van der Waals surface area contributed by atoms with Gasteiger partial charge in [-0.15, -0.1) is 0 Å². The van der Waals surface area contributed by atoms with Gasteiger partial charge in [0.2, 0.25) is 0 Å². The van der Waals surface area contributed by atoms with Gasteiger partial charge in [0.1, 0.15) is 0 Å². The van der Waals surface area contributed by atoms with E-state index in [0.717, 1.165) is 76.6 Å². The average molecular weight is 394 g/mol. The SMILES string of the molecule is CCN(CC)CCN[C@H]1CCc2c(c(C(=O)N3CCSCC3)nn2CC)C1. The third-order valence-electron chi connectivity index (χ3n) is 5.90. The molecule has 1 aliphatic carbocycles. The summed E-state index contributed by atoms with van der Waals surface area (Å²) in [5, 5.41) is 8.47. The number of nitrogens with one attached hydrogen (secondary N) is 1. The lowest BCUT2D eigenvalue weighted by atomic mass is 9.91. The Bertz CT molecular complexity index is 622. The summed E-state index contributed by atoms with van der Waals surface area (Å²) < 4.78 is 2.06. The molecule has 1 aliphatic heterocycles. The Morgan fingerprint density at radius 1 is 1.26 bits per heavy atom. The monoisotopic (exact) mass is 393 g/mol. The zero-order valence-electron chi connectivity index (χ0n) is 17.2. The largest absolute Gasteiger partial charge is 0.336 e. The molecule has 6 nitrogen and oxygen atoms in total. The molecule has 0 radical (unpaired) electrons. The molecule has 0 bridgehead atoms. The first-order valence-corrected chi connectivity index (χ1v) is 11.7. The molecule has 2 heterocycles. The van der Waals surface area contributed by atoms with Crippen molar-refractivity contribution in [1.82, 2.24) is 24.9 Å². The number of nitrogens with zero attached hydrogens (tertiary/aromatic N) is 4. The second-order valence-electron chi connectivity index (χ2n) is 7.41. The van der Waals surface area contributed by atoms with Crippen LogP contribution in [0.3, 0.4) is 0 Å². The number of aryl methyl sites for hydroxylation is 1. The average Bonchev–Trinajstić information content (AvgIpc) is 3.09. The van der Waals surface area contributed by atoms with Crippen LogP contribution in [0.25, 0.3) is 0 Å². The maximum Gasteiger partial charge on any atom is 0.274 e. The molecule has 1 saturated heterocycles. The molecule has 1 aromatic heterocycles. The van der Waals surface area contributed by atoms with E-state index in [1.807, 2.05) is 16.7 Å². The summed E-state index contributed by atoms with van der Waals surface area (Å²) in [6.07, 6.45) is 3.07. The Morgan fingerprint density at radius 2 is 2.00 bits per heavy atom. The number of fused-ring (bicyclic) bond motifs is 1. The predicted octanol–water partition coefficient (Wildman–Crippen LogP) is 1.88. The fraction of sp³-hybridized carbons (Fsp3) is 0.800. The molecule has 2 aliphatic rings. The zero-order chi connectivity index (χ0) is 19.2. The van der Waals surface area contributed by atoms with Crippen LogP contribution in [0.4, 0.5) is 0 Å². The van der Waals surface area contributed by atoms with Crippen molar-refractivity contribution in [2.75, 3.05) is 50.8 Å². The van der Waals surface area contributed by atoms with Gasteiger partial charge in [-0.2, -0.15) is 16.9 Å². The maximum absolute atomic E-state index is 13.1. The first-order valence-electron chi connectivity index (χ1n) is 10.6. The summed E-state index contributed by atoms with van der Waals surface area (Å²) in [5.74, 6) is 2.22. The van der Waals surface area contributed by atoms with Gasteiger partial charge >= 0.3 is 0 Å². The third-order valence-corrected chi connectivity index (χ3v) is 6.84. The minimum absolute atomic E-state index is 0.141. The molecule has 1 fully saturated rings. The summed E-state index contributed by atoms with van der Waals surface area (Å²) in [5.41, 5.74) is 3.20. The van der Waals surface area contributed by atoms with Crippen LogP contribution in [-0.2, 0) is 19.4 Å². The molecule has 0 unspecified atom stereocenters. The molecule has 1 atom stereocenters. The lowest BCUT2D eigenvalue weighted by Crippen LogP contribution is -2.41. The van der Waals surface area contributed by atoms with E-state index in [0.29, 0.717) is 11.7 Å². The second kappa shape index (κ2) is 9.94. The fourth-order valence-corrected chi connectivity index (χ4v) is 5.08. The Kier molecular flexibility index (Phi) is 7.61. The number of hydrogen-bond acceptors (Lipinski definition) is 5. The number of likely N-dealkylation sites (N-methyl/N-ethyl adjacent to an activating group) is 1. The molecule has 3 rings (SSSR count). The van der Waals surface area contributed by atoms with Gasteiger partial charge in [-0.3, -0.25) is 9.48 Å². The van der Waals surface area contributed by atoms with Crippen molar-refractivity contribution in [2.24, 2.45) is 0 Å². The minimum atomic E-state index is 0.141. The molecule has 1 amide bonds. The first kappa shape index (κ1) is 20.7. The highest BCUT2D eigenvalue weighted by Crippen LogP contribution is 2.26. The highest BCUT2D eigenvalue weighted by atomic mass is 32.2. The van der Waals surface area contributed by atoms with Gasteiger partial charge in [0, 0.05) is 61.5 Å². The van der Waals surface area contributed by atoms with Gasteiger partial charge in [0.15, 0.2) is 5.69 Å². The number of hydrogen-bond donors (Lipinski definition) is 1. The van der Waals surface area contributed by atoms with Crippen molar-refractivity contribution in [2.45, 2.75) is 52.6 Å². The van der Waals surface area contributed by atoms with Crippen LogP contribution < -0.4 is 5.32 Å². The minimum Gasteiger partial charge on any atom is -0.336 e. The molecule has 0 saturated carbocycles. The van der Waals surface area contributed by atoms with E-state index < -0.39 is 0 Å². The van der Waals surface area contributed by atoms with Crippen molar-refractivity contribution in [3.05, 3.63) is 17.0 Å². The van der Waals surface area contributed by atoms with Crippen LogP contribution in [0, 0.1) is 0 Å². The zero-order valence-corrected chi connectivity index (χ0v) is 18.0. The van der Waals surface area contributed by atoms with Gasteiger partial charge in [-0.1, -0.05) is 13.8 Å². The van der Waals surface area contributed by atoms with E-state index in [1.54, 1.807) is 0 Å². The Hall–Kier alpha value is -1.05. The molecule has 27 heavy (non-hydrogen) atoms. The van der Waals surface area contributed by atoms with Gasteiger partial charge < -0.3 is 15.1 Å². The van der Waals surface area contributed by atoms with Crippen LogP contribution >= 0.6 is 11.8 Å². The summed E-state index contributed by atoms with van der Waals surface area (Å²) in [6.45, 7) is 13.4. The topological polar surface area (TPSA) is 53.4 Å². The molecule has 0 spiro atoms. The molecule has 152 valence electrons. The van der Waals surface area contributed by atoms with Crippen molar-refractivity contribution in [3.8, 4) is 0 Å². The van der Waals surface area contributed by atoms with E-state index in [2.05, 4.69) is 35.7 Å². The summed E-state index contributed by atoms with van der Waals surface area (Å²) in [4.78, 5) is 17.5. The molecule has 1 N–H and O–H groups in total. The smallest absolute Gasteiger partial charge is 0.274 e. The number of aromatic nitrogens is 2. The number of thioether (sulfide) groups is 1. The summed E-state index contributed by atoms with van der Waals surface area (Å²) >= 11 is 1.93. The third kappa shape index (κ3) is 4.87. The maximum atomic E-state index is 13.1. The van der Waals surface area contributed by atoms with Gasteiger partial charge in [0.05, 0.1) is 0 Å². The molecule has 0 aromatic carbocycles. The van der Waals surface area contributed by atoms with Crippen LogP contribution in [0.1, 0.15) is 48.9 Å². The van der Waals surface area contributed by atoms with E-state index >= 15 is 0 Å². The van der Waals surface area contributed by atoms with E-state index in [-0.39, 0.29) is 5.91 Å². The van der Waals surface area contributed by atoms with Crippen molar-refractivity contribution < 1.29 is 4.79 Å². The first-order chi connectivity index (χ1) is 13.2. The van der Waals surface area contributed by atoms with Crippen molar-refractivity contribution in [1.29, 1.82) is 0 Å². The summed E-state index contributed by atoms with van der Waals surface area (Å²) in [6, 6.07) is 0.450. The van der Waals surface area contributed by atoms with E-state index in [9.17, 15) is 4.79 Å². The summed E-state index contributed by atoms with van der Waals surface area (Å²) in [7, 11) is 0. The van der Waals surface area contributed by atoms with Crippen molar-refractivity contribution >= 4 is 17.7 Å². The van der Waals surface area contributed by atoms with Gasteiger partial charge in [-0.05, 0) is 39.3 Å². The van der Waals surface area contributed by atoms with Crippen LogP contribution in [0.5, 0.6) is 0 Å². The normalized spacial score (nSPS) is 20.1. The van der Waals surface area contributed by atoms with Crippen LogP contribution in [0.15, 0.2) is 0 Å². The Balaban J connectivity index is 1.68. The number of carbonyl (C=O) groups excluding carboxylic acids is 1. The van der Waals surface area contributed by atoms with Crippen LogP contribution in [-0.4, -0.2) is 82.3 Å². The lowest BCUT2D eigenvalue weighted by Gasteiger charge is -2.28. The standard InChI is InChI=1S/C20H35N5OS/c1-4-23(5-2)10-9-21-16-7-8-18-17(15-16)19(22-25(18)6-3)20(26)24-11-13-27-14-12-24/h16,21H,4-15H2,1-3H3/t16-/m0/s1. The fourth-order valence-electron chi connectivity index (χ4n) is 4.18. The second-order valence-corrected chi connectivity index (χ2v) is 8.64. The van der Waals surface area contributed by atoms with Crippen molar-refractivity contribution in [3.63, 3.8) is 0 Å². The highest BCUT2D eigenvalue weighted by molar-refractivity contribution is 7.99. The van der Waals surface area contributed by atoms with E-state index in [4.69, 9.17) is 5.10 Å². The lowest BCUT2D eigenvalue weighted by molar-refractivity contribution is 0.0764. The van der Waals surface area contributed by atoms with Gasteiger partial charge in [-0.25, -0.2) is 0 Å². The number of amides is 1. The van der Waals surface area contributed by atoms with Crippen LogP contribution in [0.2, 0.25) is 0 Å². The number of rotatable bonds is 8.